The van der Waals surface area contributed by atoms with Crippen LogP contribution in [-0.4, -0.2) is 18.3 Å². The van der Waals surface area contributed by atoms with Crippen LogP contribution in [-0.2, 0) is 9.53 Å². The number of hydrogen-bond acceptors (Lipinski definition) is 3. The summed E-state index contributed by atoms with van der Waals surface area (Å²) in [5.41, 5.74) is 2.65. The standard InChI is InChI=1S/C12H11NO2/c1-3-15-12(14)11-8(2)9-6-4-5-7-10(9)13-11/h4-7H,2-3H2,1H3. The van der Waals surface area contributed by atoms with E-state index in [0.717, 1.165) is 11.3 Å². The highest BCUT2D eigenvalue weighted by atomic mass is 16.5. The maximum atomic E-state index is 11.5. The number of aliphatic imine (C=N–C) groups is 1. The summed E-state index contributed by atoms with van der Waals surface area (Å²) in [6.45, 7) is 5.96. The van der Waals surface area contributed by atoms with E-state index in [1.807, 2.05) is 24.3 Å². The van der Waals surface area contributed by atoms with Gasteiger partial charge in [-0.05, 0) is 13.0 Å². The van der Waals surface area contributed by atoms with Gasteiger partial charge >= 0.3 is 5.97 Å². The molecule has 0 amide bonds. The van der Waals surface area contributed by atoms with Crippen molar-refractivity contribution < 1.29 is 9.53 Å². The lowest BCUT2D eigenvalue weighted by molar-refractivity contribution is -0.134. The highest BCUT2D eigenvalue weighted by Gasteiger charge is 2.24. The van der Waals surface area contributed by atoms with E-state index in [-0.39, 0.29) is 0 Å². The van der Waals surface area contributed by atoms with E-state index in [4.69, 9.17) is 4.74 Å². The van der Waals surface area contributed by atoms with Crippen molar-refractivity contribution >= 4 is 22.9 Å². The van der Waals surface area contributed by atoms with E-state index >= 15 is 0 Å². The molecule has 0 spiro atoms. The van der Waals surface area contributed by atoms with Crippen LogP contribution in [0.4, 0.5) is 5.69 Å². The van der Waals surface area contributed by atoms with Gasteiger partial charge in [-0.3, -0.25) is 0 Å². The van der Waals surface area contributed by atoms with Crippen LogP contribution in [0.1, 0.15) is 12.5 Å². The number of esters is 1. The lowest BCUT2D eigenvalue weighted by atomic mass is 10.1. The molecule has 15 heavy (non-hydrogen) atoms. The highest BCUT2D eigenvalue weighted by molar-refractivity contribution is 6.56. The largest absolute Gasteiger partial charge is 0.461 e. The Hall–Kier alpha value is -1.90. The number of benzene rings is 1. The molecule has 2 rings (SSSR count). The van der Waals surface area contributed by atoms with E-state index in [9.17, 15) is 4.79 Å². The third kappa shape index (κ3) is 1.56. The van der Waals surface area contributed by atoms with Crippen LogP contribution in [0.25, 0.3) is 5.57 Å². The van der Waals surface area contributed by atoms with Gasteiger partial charge < -0.3 is 4.74 Å². The van der Waals surface area contributed by atoms with Gasteiger partial charge in [0, 0.05) is 11.1 Å². The topological polar surface area (TPSA) is 38.7 Å². The Morgan fingerprint density at radius 2 is 2.20 bits per heavy atom. The summed E-state index contributed by atoms with van der Waals surface area (Å²) in [6, 6.07) is 7.53. The van der Waals surface area contributed by atoms with Crippen LogP contribution in [0.15, 0.2) is 35.8 Å². The number of para-hydroxylation sites is 1. The van der Waals surface area contributed by atoms with E-state index < -0.39 is 5.97 Å². The molecule has 1 aromatic carbocycles. The number of nitrogens with zero attached hydrogens (tertiary/aromatic N) is 1. The SMILES string of the molecule is C=C1C(C(=O)OCC)=Nc2ccccc21. The van der Waals surface area contributed by atoms with Gasteiger partial charge in [-0.2, -0.15) is 0 Å². The minimum atomic E-state index is -0.404. The summed E-state index contributed by atoms with van der Waals surface area (Å²) >= 11 is 0. The van der Waals surface area contributed by atoms with Crippen molar-refractivity contribution in [2.45, 2.75) is 6.92 Å². The average molecular weight is 201 g/mol. The molecule has 1 heterocycles. The molecule has 0 fully saturated rings. The summed E-state index contributed by atoms with van der Waals surface area (Å²) in [7, 11) is 0. The Bertz CT molecular complexity index is 460. The predicted molar refractivity (Wildman–Crippen MR) is 59.2 cm³/mol. The van der Waals surface area contributed by atoms with Crippen LogP contribution >= 0.6 is 0 Å². The van der Waals surface area contributed by atoms with E-state index in [1.165, 1.54) is 0 Å². The first-order chi connectivity index (χ1) is 7.24. The Balaban J connectivity index is 2.35. The summed E-state index contributed by atoms with van der Waals surface area (Å²) < 4.78 is 4.90. The minimum absolute atomic E-state index is 0.318. The van der Waals surface area contributed by atoms with Gasteiger partial charge in [-0.15, -0.1) is 0 Å². The summed E-state index contributed by atoms with van der Waals surface area (Å²) in [5, 5.41) is 0. The number of hydrogen-bond donors (Lipinski definition) is 0. The van der Waals surface area contributed by atoms with Crippen LogP contribution in [0.2, 0.25) is 0 Å². The van der Waals surface area contributed by atoms with E-state index in [1.54, 1.807) is 6.92 Å². The van der Waals surface area contributed by atoms with Gasteiger partial charge in [0.2, 0.25) is 0 Å². The van der Waals surface area contributed by atoms with Gasteiger partial charge in [0.1, 0.15) is 0 Å². The maximum absolute atomic E-state index is 11.5. The Labute approximate surface area is 88.1 Å². The van der Waals surface area contributed by atoms with Gasteiger partial charge in [-0.1, -0.05) is 24.8 Å². The molecule has 1 aliphatic heterocycles. The second kappa shape index (κ2) is 3.69. The normalized spacial score (nSPS) is 13.4. The second-order valence-corrected chi connectivity index (χ2v) is 3.18. The zero-order valence-corrected chi connectivity index (χ0v) is 8.49. The smallest absolute Gasteiger partial charge is 0.357 e. The average Bonchev–Trinajstić information content (AvgIpc) is 2.57. The molecule has 0 bridgehead atoms. The molecular formula is C12H11NO2. The molecule has 0 saturated heterocycles. The fourth-order valence-electron chi connectivity index (χ4n) is 1.51. The first-order valence-corrected chi connectivity index (χ1v) is 4.78. The van der Waals surface area contributed by atoms with E-state index in [0.29, 0.717) is 17.9 Å². The van der Waals surface area contributed by atoms with Crippen LogP contribution in [0.3, 0.4) is 0 Å². The van der Waals surface area contributed by atoms with Gasteiger partial charge in [0.15, 0.2) is 5.71 Å². The van der Waals surface area contributed by atoms with Crippen LogP contribution < -0.4 is 0 Å². The number of carbonyl (C=O) groups excluding carboxylic acids is 1. The number of carbonyl (C=O) groups is 1. The number of fused-ring (bicyclic) bond motifs is 1. The molecule has 1 aliphatic rings. The second-order valence-electron chi connectivity index (χ2n) is 3.18. The van der Waals surface area contributed by atoms with Crippen LogP contribution in [0, 0.1) is 0 Å². The number of ether oxygens (including phenoxy) is 1. The Kier molecular flexibility index (Phi) is 2.37. The Morgan fingerprint density at radius 3 is 2.87 bits per heavy atom. The summed E-state index contributed by atoms with van der Waals surface area (Å²) in [5.74, 6) is -0.404. The molecule has 0 atom stereocenters. The first kappa shape index (κ1) is 9.65. The van der Waals surface area contributed by atoms with Gasteiger partial charge in [0.25, 0.3) is 0 Å². The zero-order valence-electron chi connectivity index (χ0n) is 8.49. The minimum Gasteiger partial charge on any atom is -0.461 e. The van der Waals surface area contributed by atoms with Crippen molar-refractivity contribution in [1.29, 1.82) is 0 Å². The molecule has 0 N–H and O–H groups in total. The molecule has 0 aromatic heterocycles. The van der Waals surface area contributed by atoms with Crippen molar-refractivity contribution in [3.8, 4) is 0 Å². The molecule has 3 heteroatoms. The predicted octanol–water partition coefficient (Wildman–Crippen LogP) is 2.35. The van der Waals surface area contributed by atoms with Crippen molar-refractivity contribution in [2.75, 3.05) is 6.61 Å². The monoisotopic (exact) mass is 201 g/mol. The quantitative estimate of drug-likeness (QED) is 0.689. The fraction of sp³-hybridized carbons (Fsp3) is 0.167. The molecule has 0 unspecified atom stereocenters. The molecule has 0 radical (unpaired) electrons. The third-order valence-electron chi connectivity index (χ3n) is 2.22. The fourth-order valence-corrected chi connectivity index (χ4v) is 1.51. The van der Waals surface area contributed by atoms with Gasteiger partial charge in [-0.25, -0.2) is 9.79 Å². The lowest BCUT2D eigenvalue weighted by Gasteiger charge is -2.01. The molecule has 0 aliphatic carbocycles. The zero-order chi connectivity index (χ0) is 10.8. The van der Waals surface area contributed by atoms with Crippen molar-refractivity contribution in [1.82, 2.24) is 0 Å². The maximum Gasteiger partial charge on any atom is 0.357 e. The molecule has 1 aromatic rings. The third-order valence-corrected chi connectivity index (χ3v) is 2.22. The summed E-state index contributed by atoms with van der Waals surface area (Å²) in [4.78, 5) is 15.7. The van der Waals surface area contributed by atoms with Crippen molar-refractivity contribution in [3.05, 3.63) is 36.4 Å². The molecule has 3 nitrogen and oxygen atoms in total. The van der Waals surface area contributed by atoms with Crippen molar-refractivity contribution in [2.24, 2.45) is 4.99 Å². The highest BCUT2D eigenvalue weighted by Crippen LogP contribution is 2.33. The molecule has 76 valence electrons. The van der Waals surface area contributed by atoms with Gasteiger partial charge in [0.05, 0.1) is 12.3 Å². The van der Waals surface area contributed by atoms with Crippen molar-refractivity contribution in [3.63, 3.8) is 0 Å². The lowest BCUT2D eigenvalue weighted by Crippen LogP contribution is -2.16. The number of rotatable bonds is 2. The first-order valence-electron chi connectivity index (χ1n) is 4.78. The van der Waals surface area contributed by atoms with Crippen LogP contribution in [0.5, 0.6) is 0 Å². The Morgan fingerprint density at radius 1 is 1.47 bits per heavy atom. The van der Waals surface area contributed by atoms with E-state index in [2.05, 4.69) is 11.6 Å². The molecule has 0 saturated carbocycles. The summed E-state index contributed by atoms with van der Waals surface area (Å²) in [6.07, 6.45) is 0. The molecular weight excluding hydrogens is 190 g/mol.